The minimum absolute atomic E-state index is 0. The molecule has 7 heteroatoms. The normalized spacial score (nSPS) is 11.6. The molecule has 29 heavy (non-hydrogen) atoms. The van der Waals surface area contributed by atoms with Gasteiger partial charge in [0.25, 0.3) is 0 Å². The van der Waals surface area contributed by atoms with Crippen LogP contribution < -0.4 is 10.6 Å². The molecule has 0 saturated carbocycles. The molecule has 6 nitrogen and oxygen atoms in total. The van der Waals surface area contributed by atoms with Gasteiger partial charge in [-0.25, -0.2) is 9.98 Å². The first-order valence-corrected chi connectivity index (χ1v) is 9.75. The number of rotatable bonds is 6. The van der Waals surface area contributed by atoms with E-state index in [1.807, 2.05) is 12.1 Å². The van der Waals surface area contributed by atoms with E-state index in [9.17, 15) is 0 Å². The first-order chi connectivity index (χ1) is 13.7. The maximum Gasteiger partial charge on any atom is 0.191 e. The Bertz CT molecular complexity index is 1110. The molecule has 0 aliphatic rings. The van der Waals surface area contributed by atoms with Crippen molar-refractivity contribution in [1.82, 2.24) is 25.0 Å². The van der Waals surface area contributed by atoms with E-state index in [2.05, 4.69) is 81.6 Å². The highest BCUT2D eigenvalue weighted by molar-refractivity contribution is 14.0. The maximum atomic E-state index is 4.70. The number of pyridine rings is 1. The summed E-state index contributed by atoms with van der Waals surface area (Å²) in [7, 11) is 0. The summed E-state index contributed by atoms with van der Waals surface area (Å²) in [5.41, 5.74) is 5.59. The molecule has 0 aliphatic heterocycles. The second kappa shape index (κ2) is 9.78. The zero-order valence-electron chi connectivity index (χ0n) is 16.8. The molecule has 3 aromatic heterocycles. The molecule has 1 aromatic carbocycles. The molecular weight excluding hydrogens is 475 g/mol. The molecule has 0 atom stereocenters. The Balaban J connectivity index is 0.00000240. The number of nitrogens with zero attached hydrogens (tertiary/aromatic N) is 3. The van der Waals surface area contributed by atoms with Gasteiger partial charge in [0, 0.05) is 42.1 Å². The number of nitrogens with one attached hydrogen (secondary N) is 3. The predicted octanol–water partition coefficient (Wildman–Crippen LogP) is 4.04. The van der Waals surface area contributed by atoms with Crippen LogP contribution in [0.2, 0.25) is 0 Å². The monoisotopic (exact) mass is 502 g/mol. The molecule has 152 valence electrons. The van der Waals surface area contributed by atoms with Gasteiger partial charge in [-0.3, -0.25) is 0 Å². The van der Waals surface area contributed by atoms with Crippen molar-refractivity contribution in [2.24, 2.45) is 4.99 Å². The number of guanidine groups is 1. The fraction of sp³-hybridized carbons (Fsp3) is 0.273. The Hall–Kier alpha value is -2.55. The Kier molecular flexibility index (Phi) is 7.13. The van der Waals surface area contributed by atoms with Crippen molar-refractivity contribution < 1.29 is 0 Å². The number of halogens is 1. The number of benzene rings is 1. The van der Waals surface area contributed by atoms with Crippen LogP contribution in [0.15, 0.2) is 59.9 Å². The van der Waals surface area contributed by atoms with Crippen molar-refractivity contribution in [3.63, 3.8) is 0 Å². The van der Waals surface area contributed by atoms with Gasteiger partial charge in [-0.2, -0.15) is 0 Å². The Morgan fingerprint density at radius 3 is 2.83 bits per heavy atom. The highest BCUT2D eigenvalue weighted by Gasteiger charge is 2.05. The van der Waals surface area contributed by atoms with Crippen molar-refractivity contribution in [1.29, 1.82) is 0 Å². The van der Waals surface area contributed by atoms with Crippen molar-refractivity contribution in [3.05, 3.63) is 71.8 Å². The quantitative estimate of drug-likeness (QED) is 0.212. The molecule has 4 aromatic rings. The van der Waals surface area contributed by atoms with E-state index in [0.717, 1.165) is 36.8 Å². The largest absolute Gasteiger partial charge is 0.361 e. The van der Waals surface area contributed by atoms with Gasteiger partial charge in [-0.05, 0) is 44.0 Å². The summed E-state index contributed by atoms with van der Waals surface area (Å²) in [6.45, 7) is 6.34. The van der Waals surface area contributed by atoms with Crippen LogP contribution in [0, 0.1) is 6.92 Å². The molecule has 3 N–H and O–H groups in total. The first kappa shape index (κ1) is 21.2. The summed E-state index contributed by atoms with van der Waals surface area (Å²) < 4.78 is 2.10. The highest BCUT2D eigenvalue weighted by Crippen LogP contribution is 2.17. The lowest BCUT2D eigenvalue weighted by atomic mass is 10.1. The molecule has 0 unspecified atom stereocenters. The number of para-hydroxylation sites is 1. The molecule has 3 heterocycles. The fourth-order valence-electron chi connectivity index (χ4n) is 3.43. The zero-order valence-corrected chi connectivity index (χ0v) is 19.1. The second-order valence-electron chi connectivity index (χ2n) is 6.86. The summed E-state index contributed by atoms with van der Waals surface area (Å²) in [6.07, 6.45) is 5.08. The van der Waals surface area contributed by atoms with E-state index >= 15 is 0 Å². The number of imidazole rings is 1. The number of aliphatic imine (C=N–C) groups is 1. The van der Waals surface area contributed by atoms with Gasteiger partial charge in [0.05, 0.1) is 12.2 Å². The summed E-state index contributed by atoms with van der Waals surface area (Å²) in [5.74, 6) is 0.816. The van der Waals surface area contributed by atoms with E-state index in [0.29, 0.717) is 6.54 Å². The van der Waals surface area contributed by atoms with Gasteiger partial charge in [-0.1, -0.05) is 24.3 Å². The Morgan fingerprint density at radius 1 is 1.14 bits per heavy atom. The van der Waals surface area contributed by atoms with Crippen LogP contribution >= 0.6 is 24.0 Å². The summed E-state index contributed by atoms with van der Waals surface area (Å²) in [6, 6.07) is 14.5. The standard InChI is InChI=1S/C22H26N6.HI/c1-3-23-22(24-12-11-17-13-25-20-9-5-4-8-19(17)20)26-14-18-15-28-16(2)7-6-10-21(28)27-18;/h4-10,13,15,25H,3,11-12,14H2,1-2H3,(H2,23,24,26);1H. The lowest BCUT2D eigenvalue weighted by Crippen LogP contribution is -2.38. The number of hydrogen-bond donors (Lipinski definition) is 3. The highest BCUT2D eigenvalue weighted by atomic mass is 127. The molecular formula is C22H27IN6. The van der Waals surface area contributed by atoms with Gasteiger partial charge in [0.1, 0.15) is 5.65 Å². The number of aryl methyl sites for hydroxylation is 1. The Morgan fingerprint density at radius 2 is 2.00 bits per heavy atom. The number of aromatic nitrogens is 3. The van der Waals surface area contributed by atoms with E-state index in [1.54, 1.807) is 0 Å². The van der Waals surface area contributed by atoms with Crippen LogP contribution in [0.5, 0.6) is 0 Å². The smallest absolute Gasteiger partial charge is 0.191 e. The molecule has 0 fully saturated rings. The SMILES string of the molecule is CCNC(=NCc1cn2c(C)cccc2n1)NCCc1c[nH]c2ccccc12.I. The molecule has 0 bridgehead atoms. The van der Waals surface area contributed by atoms with Gasteiger partial charge >= 0.3 is 0 Å². The van der Waals surface area contributed by atoms with Gasteiger partial charge < -0.3 is 20.0 Å². The van der Waals surface area contributed by atoms with E-state index in [1.165, 1.54) is 22.2 Å². The zero-order chi connectivity index (χ0) is 19.3. The minimum atomic E-state index is 0. The molecule has 0 saturated heterocycles. The van der Waals surface area contributed by atoms with Crippen LogP contribution in [0.4, 0.5) is 0 Å². The summed E-state index contributed by atoms with van der Waals surface area (Å²) in [5, 5.41) is 8.02. The average Bonchev–Trinajstić information content (AvgIpc) is 3.31. The van der Waals surface area contributed by atoms with E-state index in [-0.39, 0.29) is 24.0 Å². The molecule has 0 radical (unpaired) electrons. The first-order valence-electron chi connectivity index (χ1n) is 9.75. The van der Waals surface area contributed by atoms with Crippen molar-refractivity contribution in [3.8, 4) is 0 Å². The van der Waals surface area contributed by atoms with Crippen molar-refractivity contribution >= 4 is 46.5 Å². The minimum Gasteiger partial charge on any atom is -0.361 e. The van der Waals surface area contributed by atoms with Gasteiger partial charge in [0.15, 0.2) is 5.96 Å². The lowest BCUT2D eigenvalue weighted by molar-refractivity contribution is 0.799. The van der Waals surface area contributed by atoms with Crippen LogP contribution in [0.3, 0.4) is 0 Å². The van der Waals surface area contributed by atoms with Gasteiger partial charge in [-0.15, -0.1) is 24.0 Å². The van der Waals surface area contributed by atoms with E-state index in [4.69, 9.17) is 4.99 Å². The third kappa shape index (κ3) is 4.90. The van der Waals surface area contributed by atoms with Crippen LogP contribution in [-0.4, -0.2) is 33.4 Å². The number of hydrogen-bond acceptors (Lipinski definition) is 2. The number of aromatic amines is 1. The van der Waals surface area contributed by atoms with E-state index < -0.39 is 0 Å². The third-order valence-electron chi connectivity index (χ3n) is 4.85. The van der Waals surface area contributed by atoms with Crippen LogP contribution in [0.1, 0.15) is 23.9 Å². The summed E-state index contributed by atoms with van der Waals surface area (Å²) in [4.78, 5) is 12.7. The number of H-pyrrole nitrogens is 1. The number of fused-ring (bicyclic) bond motifs is 2. The predicted molar refractivity (Wildman–Crippen MR) is 130 cm³/mol. The van der Waals surface area contributed by atoms with Crippen molar-refractivity contribution in [2.75, 3.05) is 13.1 Å². The average molecular weight is 502 g/mol. The maximum absolute atomic E-state index is 4.70. The molecule has 0 amide bonds. The molecule has 0 spiro atoms. The van der Waals surface area contributed by atoms with Crippen LogP contribution in [0.25, 0.3) is 16.6 Å². The fourth-order valence-corrected chi connectivity index (χ4v) is 3.43. The van der Waals surface area contributed by atoms with Crippen molar-refractivity contribution in [2.45, 2.75) is 26.8 Å². The second-order valence-corrected chi connectivity index (χ2v) is 6.86. The summed E-state index contributed by atoms with van der Waals surface area (Å²) >= 11 is 0. The van der Waals surface area contributed by atoms with Gasteiger partial charge in [0.2, 0.25) is 0 Å². The molecule has 4 rings (SSSR count). The molecule has 0 aliphatic carbocycles. The van der Waals surface area contributed by atoms with Crippen LogP contribution in [-0.2, 0) is 13.0 Å². The third-order valence-corrected chi connectivity index (χ3v) is 4.85. The topological polar surface area (TPSA) is 69.5 Å². The Labute approximate surface area is 187 Å². The lowest BCUT2D eigenvalue weighted by Gasteiger charge is -2.10.